The van der Waals surface area contributed by atoms with Crippen molar-refractivity contribution in [2.24, 2.45) is 0 Å². The van der Waals surface area contributed by atoms with Crippen molar-refractivity contribution in [3.63, 3.8) is 0 Å². The van der Waals surface area contributed by atoms with Gasteiger partial charge in [0, 0.05) is 11.1 Å². The highest BCUT2D eigenvalue weighted by Crippen LogP contribution is 2.23. The van der Waals surface area contributed by atoms with E-state index in [0.29, 0.717) is 32.9 Å². The minimum Gasteiger partial charge on any atom is -0.452 e. The lowest BCUT2D eigenvalue weighted by Crippen LogP contribution is -2.21. The third kappa shape index (κ3) is 4.00. The average Bonchev–Trinajstić information content (AvgIpc) is 2.61. The highest BCUT2D eigenvalue weighted by Gasteiger charge is 2.15. The number of aromatic nitrogens is 1. The number of carbonyl (C=O) groups excluding carboxylic acids is 2. The summed E-state index contributed by atoms with van der Waals surface area (Å²) < 4.78 is 5.17. The molecule has 0 saturated carbocycles. The van der Waals surface area contributed by atoms with Crippen molar-refractivity contribution in [3.05, 3.63) is 70.4 Å². The van der Waals surface area contributed by atoms with Crippen LogP contribution >= 0.6 is 11.6 Å². The van der Waals surface area contributed by atoms with Crippen LogP contribution < -0.4 is 5.32 Å². The van der Waals surface area contributed by atoms with Gasteiger partial charge in [0.1, 0.15) is 0 Å². The number of esters is 1. The molecule has 1 heterocycles. The first kappa shape index (κ1) is 17.9. The maximum absolute atomic E-state index is 12.4. The Hall–Kier alpha value is -2.92. The molecule has 0 fully saturated rings. The second-order valence-corrected chi connectivity index (χ2v) is 6.34. The molecule has 0 aliphatic rings. The molecule has 0 bridgehead atoms. The third-order valence-corrected chi connectivity index (χ3v) is 4.11. The molecule has 132 valence electrons. The molecule has 0 unspecified atom stereocenters. The molecule has 1 amide bonds. The Morgan fingerprint density at radius 1 is 1.12 bits per heavy atom. The largest absolute Gasteiger partial charge is 0.452 e. The SMILES string of the molecule is Cc1ccc(NC(=O)COC(=O)c2cc(C)nc3ccccc23)c(Cl)c1. The Bertz CT molecular complexity index is 1000. The van der Waals surface area contributed by atoms with E-state index in [-0.39, 0.29) is 0 Å². The van der Waals surface area contributed by atoms with Crippen LogP contribution in [0.4, 0.5) is 5.69 Å². The molecular formula is C20H17ClN2O3. The standard InChI is InChI=1S/C20H17ClN2O3/c1-12-7-8-18(16(21)9-12)23-19(24)11-26-20(25)15-10-13(2)22-17-6-4-3-5-14(15)17/h3-10H,11H2,1-2H3,(H,23,24). The van der Waals surface area contributed by atoms with E-state index in [1.165, 1.54) is 0 Å². The molecule has 5 nitrogen and oxygen atoms in total. The van der Waals surface area contributed by atoms with Gasteiger partial charge in [0.2, 0.25) is 0 Å². The number of hydrogen-bond acceptors (Lipinski definition) is 4. The zero-order valence-electron chi connectivity index (χ0n) is 14.4. The summed E-state index contributed by atoms with van der Waals surface area (Å²) in [6, 6.07) is 14.2. The van der Waals surface area contributed by atoms with E-state index in [2.05, 4.69) is 10.3 Å². The Labute approximate surface area is 156 Å². The minimum absolute atomic E-state index is 0.384. The van der Waals surface area contributed by atoms with Crippen LogP contribution in [0, 0.1) is 13.8 Å². The molecule has 1 aromatic heterocycles. The van der Waals surface area contributed by atoms with Crippen molar-refractivity contribution in [3.8, 4) is 0 Å². The number of carbonyl (C=O) groups is 2. The molecule has 26 heavy (non-hydrogen) atoms. The average molecular weight is 369 g/mol. The molecule has 0 radical (unpaired) electrons. The van der Waals surface area contributed by atoms with E-state index in [4.69, 9.17) is 16.3 Å². The van der Waals surface area contributed by atoms with E-state index in [9.17, 15) is 9.59 Å². The van der Waals surface area contributed by atoms with Gasteiger partial charge in [-0.25, -0.2) is 4.79 Å². The Morgan fingerprint density at radius 3 is 2.65 bits per heavy atom. The van der Waals surface area contributed by atoms with E-state index < -0.39 is 18.5 Å². The van der Waals surface area contributed by atoms with Gasteiger partial charge in [0.15, 0.2) is 6.61 Å². The van der Waals surface area contributed by atoms with Gasteiger partial charge in [-0.2, -0.15) is 0 Å². The molecule has 3 rings (SSSR count). The fourth-order valence-electron chi connectivity index (χ4n) is 2.59. The fourth-order valence-corrected chi connectivity index (χ4v) is 2.88. The number of amides is 1. The number of hydrogen-bond donors (Lipinski definition) is 1. The maximum atomic E-state index is 12.4. The summed E-state index contributed by atoms with van der Waals surface area (Å²) in [7, 11) is 0. The van der Waals surface area contributed by atoms with E-state index >= 15 is 0 Å². The van der Waals surface area contributed by atoms with Crippen LogP contribution in [-0.4, -0.2) is 23.5 Å². The third-order valence-electron chi connectivity index (χ3n) is 3.80. The number of ether oxygens (including phenoxy) is 1. The molecular weight excluding hydrogens is 352 g/mol. The van der Waals surface area contributed by atoms with Crippen LogP contribution in [0.5, 0.6) is 0 Å². The Balaban J connectivity index is 1.70. The number of para-hydroxylation sites is 1. The monoisotopic (exact) mass is 368 g/mol. The summed E-state index contributed by atoms with van der Waals surface area (Å²) in [5.74, 6) is -1.03. The Kier molecular flexibility index (Phi) is 5.19. The fraction of sp³-hybridized carbons (Fsp3) is 0.150. The second-order valence-electron chi connectivity index (χ2n) is 5.94. The van der Waals surface area contributed by atoms with Crippen LogP contribution in [0.2, 0.25) is 5.02 Å². The lowest BCUT2D eigenvalue weighted by Gasteiger charge is -2.10. The van der Waals surface area contributed by atoms with Gasteiger partial charge in [0.25, 0.3) is 5.91 Å². The highest BCUT2D eigenvalue weighted by molar-refractivity contribution is 6.33. The summed E-state index contributed by atoms with van der Waals surface area (Å²) in [5, 5.41) is 3.75. The molecule has 0 atom stereocenters. The van der Waals surface area contributed by atoms with Gasteiger partial charge < -0.3 is 10.1 Å². The summed E-state index contributed by atoms with van der Waals surface area (Å²) in [6.45, 7) is 3.30. The normalized spacial score (nSPS) is 10.6. The topological polar surface area (TPSA) is 68.3 Å². The van der Waals surface area contributed by atoms with E-state index in [1.807, 2.05) is 31.2 Å². The van der Waals surface area contributed by atoms with Gasteiger partial charge in [-0.3, -0.25) is 9.78 Å². The predicted octanol–water partition coefficient (Wildman–Crippen LogP) is 4.30. The molecule has 0 saturated heterocycles. The zero-order valence-corrected chi connectivity index (χ0v) is 15.1. The molecule has 3 aromatic rings. The lowest BCUT2D eigenvalue weighted by atomic mass is 10.1. The van der Waals surface area contributed by atoms with E-state index in [1.54, 1.807) is 31.2 Å². The number of halogens is 1. The minimum atomic E-state index is -0.572. The van der Waals surface area contributed by atoms with Crippen LogP contribution in [0.25, 0.3) is 10.9 Å². The summed E-state index contributed by atoms with van der Waals surface area (Å²) in [4.78, 5) is 28.9. The van der Waals surface area contributed by atoms with Crippen LogP contribution in [0.3, 0.4) is 0 Å². The number of nitrogens with one attached hydrogen (secondary N) is 1. The van der Waals surface area contributed by atoms with Crippen molar-refractivity contribution >= 4 is 40.1 Å². The maximum Gasteiger partial charge on any atom is 0.339 e. The zero-order chi connectivity index (χ0) is 18.7. The number of pyridine rings is 1. The first-order valence-corrected chi connectivity index (χ1v) is 8.41. The molecule has 1 N–H and O–H groups in total. The number of benzene rings is 2. The number of anilines is 1. The van der Waals surface area contributed by atoms with Gasteiger partial charge in [-0.05, 0) is 43.7 Å². The number of aryl methyl sites for hydroxylation is 2. The summed E-state index contributed by atoms with van der Waals surface area (Å²) >= 11 is 6.09. The van der Waals surface area contributed by atoms with Crippen molar-refractivity contribution in [2.45, 2.75) is 13.8 Å². The number of nitrogens with zero attached hydrogens (tertiary/aromatic N) is 1. The smallest absolute Gasteiger partial charge is 0.339 e. The molecule has 0 aliphatic heterocycles. The molecule has 2 aromatic carbocycles. The number of rotatable bonds is 4. The van der Waals surface area contributed by atoms with Crippen molar-refractivity contribution in [1.29, 1.82) is 0 Å². The van der Waals surface area contributed by atoms with Crippen molar-refractivity contribution in [1.82, 2.24) is 4.98 Å². The van der Waals surface area contributed by atoms with Gasteiger partial charge >= 0.3 is 5.97 Å². The van der Waals surface area contributed by atoms with Crippen LogP contribution in [0.15, 0.2) is 48.5 Å². The summed E-state index contributed by atoms with van der Waals surface area (Å²) in [6.07, 6.45) is 0. The quantitative estimate of drug-likeness (QED) is 0.697. The van der Waals surface area contributed by atoms with Crippen molar-refractivity contribution < 1.29 is 14.3 Å². The first-order chi connectivity index (χ1) is 12.4. The van der Waals surface area contributed by atoms with Crippen LogP contribution in [-0.2, 0) is 9.53 Å². The summed E-state index contributed by atoms with van der Waals surface area (Å²) in [5.41, 5.74) is 3.25. The molecule has 0 aliphatic carbocycles. The molecule has 0 spiro atoms. The van der Waals surface area contributed by atoms with Gasteiger partial charge in [0.05, 0.1) is 21.8 Å². The van der Waals surface area contributed by atoms with Crippen LogP contribution in [0.1, 0.15) is 21.6 Å². The van der Waals surface area contributed by atoms with Crippen molar-refractivity contribution in [2.75, 3.05) is 11.9 Å². The first-order valence-electron chi connectivity index (χ1n) is 8.03. The van der Waals surface area contributed by atoms with Gasteiger partial charge in [-0.15, -0.1) is 0 Å². The Morgan fingerprint density at radius 2 is 1.88 bits per heavy atom. The second kappa shape index (κ2) is 7.54. The predicted molar refractivity (Wildman–Crippen MR) is 102 cm³/mol. The lowest BCUT2D eigenvalue weighted by molar-refractivity contribution is -0.119. The highest BCUT2D eigenvalue weighted by atomic mass is 35.5. The van der Waals surface area contributed by atoms with Gasteiger partial charge in [-0.1, -0.05) is 35.9 Å². The molecule has 6 heteroatoms. The number of fused-ring (bicyclic) bond motifs is 1. The van der Waals surface area contributed by atoms with E-state index in [0.717, 1.165) is 5.56 Å².